The van der Waals surface area contributed by atoms with Crippen LogP contribution in [0.5, 0.6) is 5.75 Å². The molecule has 0 radical (unpaired) electrons. The van der Waals surface area contributed by atoms with Crippen molar-refractivity contribution in [3.05, 3.63) is 57.6 Å². The third-order valence-electron chi connectivity index (χ3n) is 3.23. The third-order valence-corrected chi connectivity index (χ3v) is 4.65. The fourth-order valence-corrected chi connectivity index (χ4v) is 3.26. The zero-order chi connectivity index (χ0) is 15.6. The van der Waals surface area contributed by atoms with Crippen molar-refractivity contribution >= 4 is 26.0 Å². The van der Waals surface area contributed by atoms with Gasteiger partial charge in [0.05, 0.1) is 0 Å². The minimum Gasteiger partial charge on any atom is -0.487 e. The highest BCUT2D eigenvalue weighted by Crippen LogP contribution is 2.28. The van der Waals surface area contributed by atoms with Crippen molar-refractivity contribution in [3.8, 4) is 5.75 Å². The molecule has 0 aliphatic carbocycles. The van der Waals surface area contributed by atoms with Gasteiger partial charge in [0, 0.05) is 4.47 Å². The number of rotatable bonds is 4. The van der Waals surface area contributed by atoms with Gasteiger partial charge in [-0.05, 0) is 48.7 Å². The van der Waals surface area contributed by atoms with Crippen molar-refractivity contribution in [2.24, 2.45) is 5.14 Å². The Morgan fingerprint density at radius 3 is 2.33 bits per heavy atom. The summed E-state index contributed by atoms with van der Waals surface area (Å²) < 4.78 is 29.6. The van der Waals surface area contributed by atoms with Crippen LogP contribution in [0.4, 0.5) is 0 Å². The van der Waals surface area contributed by atoms with Crippen LogP contribution in [0.3, 0.4) is 0 Å². The fourth-order valence-electron chi connectivity index (χ4n) is 2.05. The summed E-state index contributed by atoms with van der Waals surface area (Å²) in [5, 5.41) is 5.23. The molecular formula is C15H16BrNO3S. The van der Waals surface area contributed by atoms with Crippen LogP contribution in [0.25, 0.3) is 0 Å². The van der Waals surface area contributed by atoms with Gasteiger partial charge >= 0.3 is 0 Å². The van der Waals surface area contributed by atoms with Crippen molar-refractivity contribution in [2.45, 2.75) is 25.3 Å². The first-order chi connectivity index (χ1) is 9.79. The molecule has 0 spiro atoms. The van der Waals surface area contributed by atoms with Crippen molar-refractivity contribution in [1.82, 2.24) is 0 Å². The van der Waals surface area contributed by atoms with E-state index in [1.165, 1.54) is 6.07 Å². The number of nitrogens with two attached hydrogens (primary N) is 1. The molecule has 0 aromatic heterocycles. The summed E-state index contributed by atoms with van der Waals surface area (Å²) >= 11 is 3.23. The first-order valence-corrected chi connectivity index (χ1v) is 8.63. The number of benzene rings is 2. The molecule has 6 heteroatoms. The smallest absolute Gasteiger partial charge is 0.241 e. The molecule has 21 heavy (non-hydrogen) atoms. The zero-order valence-corrected chi connectivity index (χ0v) is 14.2. The van der Waals surface area contributed by atoms with E-state index in [4.69, 9.17) is 9.88 Å². The molecule has 0 heterocycles. The van der Waals surface area contributed by atoms with Gasteiger partial charge in [-0.2, -0.15) is 0 Å². The van der Waals surface area contributed by atoms with E-state index in [1.54, 1.807) is 12.1 Å². The van der Waals surface area contributed by atoms with Crippen LogP contribution in [0.2, 0.25) is 0 Å². The Balaban J connectivity index is 2.33. The van der Waals surface area contributed by atoms with Gasteiger partial charge in [-0.3, -0.25) is 0 Å². The summed E-state index contributed by atoms with van der Waals surface area (Å²) in [6, 6.07) is 10.7. The molecule has 0 atom stereocenters. The second-order valence-corrected chi connectivity index (χ2v) is 7.24. The van der Waals surface area contributed by atoms with E-state index >= 15 is 0 Å². The summed E-state index contributed by atoms with van der Waals surface area (Å²) in [4.78, 5) is -0.0249. The lowest BCUT2D eigenvalue weighted by Crippen LogP contribution is -2.14. The number of aryl methyl sites for hydroxylation is 2. The quantitative estimate of drug-likeness (QED) is 0.898. The van der Waals surface area contributed by atoms with Crippen LogP contribution in [-0.2, 0) is 16.6 Å². The number of ether oxygens (including phenoxy) is 1. The highest BCUT2D eigenvalue weighted by Gasteiger charge is 2.16. The molecule has 2 aromatic carbocycles. The molecule has 0 amide bonds. The Morgan fingerprint density at radius 2 is 1.76 bits per heavy atom. The average Bonchev–Trinajstić information content (AvgIpc) is 2.38. The maximum atomic E-state index is 11.6. The number of halogens is 1. The third kappa shape index (κ3) is 3.84. The lowest BCUT2D eigenvalue weighted by molar-refractivity contribution is 0.296. The molecular weight excluding hydrogens is 354 g/mol. The predicted molar refractivity (Wildman–Crippen MR) is 85.8 cm³/mol. The first kappa shape index (κ1) is 16.0. The van der Waals surface area contributed by atoms with Crippen molar-refractivity contribution < 1.29 is 13.2 Å². The van der Waals surface area contributed by atoms with Gasteiger partial charge in [-0.15, -0.1) is 0 Å². The summed E-state index contributed by atoms with van der Waals surface area (Å²) in [5.74, 6) is 0.253. The Morgan fingerprint density at radius 1 is 1.14 bits per heavy atom. The van der Waals surface area contributed by atoms with E-state index < -0.39 is 10.0 Å². The largest absolute Gasteiger partial charge is 0.487 e. The van der Waals surface area contributed by atoms with Crippen LogP contribution in [0, 0.1) is 13.8 Å². The van der Waals surface area contributed by atoms with E-state index in [1.807, 2.05) is 32.0 Å². The molecule has 2 rings (SSSR count). The maximum Gasteiger partial charge on any atom is 0.241 e. The Hall–Kier alpha value is -1.37. The lowest BCUT2D eigenvalue weighted by Gasteiger charge is -2.13. The summed E-state index contributed by atoms with van der Waals surface area (Å²) in [6.45, 7) is 4.28. The van der Waals surface area contributed by atoms with Crippen LogP contribution in [0.15, 0.2) is 45.8 Å². The topological polar surface area (TPSA) is 69.4 Å². The van der Waals surface area contributed by atoms with E-state index in [9.17, 15) is 8.42 Å². The van der Waals surface area contributed by atoms with Gasteiger partial charge in [0.15, 0.2) is 0 Å². The van der Waals surface area contributed by atoms with E-state index in [0.29, 0.717) is 11.1 Å². The number of hydrogen-bond acceptors (Lipinski definition) is 3. The molecule has 0 aliphatic rings. The van der Waals surface area contributed by atoms with Gasteiger partial charge in [0.1, 0.15) is 17.3 Å². The van der Waals surface area contributed by atoms with Gasteiger partial charge in [-0.1, -0.05) is 34.1 Å². The molecule has 0 aliphatic heterocycles. The molecule has 2 N–H and O–H groups in total. The lowest BCUT2D eigenvalue weighted by atomic mass is 10.0. The van der Waals surface area contributed by atoms with Crippen LogP contribution < -0.4 is 9.88 Å². The maximum absolute atomic E-state index is 11.6. The zero-order valence-electron chi connectivity index (χ0n) is 11.8. The van der Waals surface area contributed by atoms with Crippen LogP contribution >= 0.6 is 15.9 Å². The second-order valence-electron chi connectivity index (χ2n) is 4.80. The van der Waals surface area contributed by atoms with Gasteiger partial charge in [-0.25, -0.2) is 13.6 Å². The Bertz CT molecular complexity index is 752. The fraction of sp³-hybridized carbons (Fsp3) is 0.200. The van der Waals surface area contributed by atoms with Crippen LogP contribution in [0.1, 0.15) is 16.7 Å². The first-order valence-electron chi connectivity index (χ1n) is 6.29. The van der Waals surface area contributed by atoms with Gasteiger partial charge in [0.25, 0.3) is 0 Å². The summed E-state index contributed by atoms with van der Waals surface area (Å²) in [6.07, 6.45) is 0. The van der Waals surface area contributed by atoms with Gasteiger partial charge in [0.2, 0.25) is 10.0 Å². The van der Waals surface area contributed by atoms with Crippen molar-refractivity contribution in [1.29, 1.82) is 0 Å². The van der Waals surface area contributed by atoms with Crippen molar-refractivity contribution in [2.75, 3.05) is 0 Å². The molecule has 0 unspecified atom stereocenters. The molecule has 0 saturated heterocycles. The molecule has 0 bridgehead atoms. The normalized spacial score (nSPS) is 11.4. The minimum absolute atomic E-state index is 0.0249. The van der Waals surface area contributed by atoms with E-state index in [-0.39, 0.29) is 10.6 Å². The van der Waals surface area contributed by atoms with E-state index in [0.717, 1.165) is 16.7 Å². The molecule has 112 valence electrons. The van der Waals surface area contributed by atoms with Crippen molar-refractivity contribution in [3.63, 3.8) is 0 Å². The summed E-state index contributed by atoms with van der Waals surface area (Å²) in [5.41, 5.74) is 3.24. The molecule has 0 saturated carbocycles. The summed E-state index contributed by atoms with van der Waals surface area (Å²) in [7, 11) is -3.84. The van der Waals surface area contributed by atoms with Crippen LogP contribution in [-0.4, -0.2) is 8.42 Å². The van der Waals surface area contributed by atoms with E-state index in [2.05, 4.69) is 15.9 Å². The standard InChI is InChI=1S/C15H16BrNO3S/c1-10-4-3-5-11(2)13(10)9-20-14-7-6-12(16)8-15(14)21(17,18)19/h3-8H,9H2,1-2H3,(H2,17,18,19). The second kappa shape index (κ2) is 6.17. The Labute approximate surface area is 133 Å². The highest BCUT2D eigenvalue weighted by molar-refractivity contribution is 9.10. The average molecular weight is 370 g/mol. The minimum atomic E-state index is -3.84. The number of sulfonamides is 1. The molecule has 4 nitrogen and oxygen atoms in total. The number of primary sulfonamides is 1. The van der Waals surface area contributed by atoms with Gasteiger partial charge < -0.3 is 4.74 Å². The monoisotopic (exact) mass is 369 g/mol. The SMILES string of the molecule is Cc1cccc(C)c1COc1ccc(Br)cc1S(N)(=O)=O. The predicted octanol–water partition coefficient (Wildman–Crippen LogP) is 3.29. The highest BCUT2D eigenvalue weighted by atomic mass is 79.9. The molecule has 2 aromatic rings. The Kier molecular flexibility index (Phi) is 4.70. The molecule has 0 fully saturated rings. The number of hydrogen-bond donors (Lipinski definition) is 1.